The lowest BCUT2D eigenvalue weighted by molar-refractivity contribution is 0.0608. The van der Waals surface area contributed by atoms with Crippen LogP contribution in [0.25, 0.3) is 11.0 Å². The molecular formula is C24H28N2O7. The molecule has 0 aliphatic rings. The Bertz CT molecular complexity index is 1060. The van der Waals surface area contributed by atoms with Crippen molar-refractivity contribution in [2.75, 3.05) is 26.9 Å². The quantitative estimate of drug-likeness (QED) is 0.217. The number of carbonyl (C=O) groups excluding carboxylic acids is 2. The largest absolute Gasteiger partial charge is 0.491 e. The van der Waals surface area contributed by atoms with Crippen molar-refractivity contribution in [2.24, 2.45) is 0 Å². The minimum absolute atomic E-state index is 0.214. The van der Waals surface area contributed by atoms with Gasteiger partial charge in [-0.25, -0.2) is 5.48 Å². The van der Waals surface area contributed by atoms with Crippen molar-refractivity contribution in [1.82, 2.24) is 10.8 Å². The predicted molar refractivity (Wildman–Crippen MR) is 120 cm³/mol. The van der Waals surface area contributed by atoms with Crippen molar-refractivity contribution in [3.63, 3.8) is 0 Å². The number of para-hydroxylation sites is 1. The lowest BCUT2D eigenvalue weighted by Gasteiger charge is -2.17. The summed E-state index contributed by atoms with van der Waals surface area (Å²) in [6.45, 7) is 3.26. The number of methoxy groups -OCH3 is 1. The average Bonchev–Trinajstić information content (AvgIpc) is 3.23. The van der Waals surface area contributed by atoms with Gasteiger partial charge in [0.1, 0.15) is 17.9 Å². The summed E-state index contributed by atoms with van der Waals surface area (Å²) in [7, 11) is 1.60. The van der Waals surface area contributed by atoms with Crippen LogP contribution in [0.3, 0.4) is 0 Å². The fraction of sp³-hybridized carbons (Fsp3) is 0.333. The highest BCUT2D eigenvalue weighted by Gasteiger charge is 2.23. The summed E-state index contributed by atoms with van der Waals surface area (Å²) in [5, 5.41) is 12.5. The Morgan fingerprint density at radius 3 is 2.52 bits per heavy atom. The molecule has 2 amide bonds. The van der Waals surface area contributed by atoms with Crippen LogP contribution in [0.2, 0.25) is 0 Å². The van der Waals surface area contributed by atoms with Crippen molar-refractivity contribution < 1.29 is 33.4 Å². The Morgan fingerprint density at radius 2 is 1.82 bits per heavy atom. The van der Waals surface area contributed by atoms with Gasteiger partial charge < -0.3 is 23.9 Å². The fourth-order valence-electron chi connectivity index (χ4n) is 3.22. The monoisotopic (exact) mass is 456 g/mol. The van der Waals surface area contributed by atoms with E-state index in [0.29, 0.717) is 42.1 Å². The first-order valence-corrected chi connectivity index (χ1v) is 10.6. The maximum atomic E-state index is 13.0. The number of amides is 2. The maximum Gasteiger partial charge on any atom is 0.287 e. The molecule has 0 saturated carbocycles. The molecule has 0 aliphatic carbocycles. The zero-order chi connectivity index (χ0) is 23.6. The van der Waals surface area contributed by atoms with E-state index in [0.717, 1.165) is 5.39 Å². The molecule has 0 bridgehead atoms. The van der Waals surface area contributed by atoms with Gasteiger partial charge >= 0.3 is 0 Å². The maximum absolute atomic E-state index is 13.0. The number of ether oxygens (including phenoxy) is 3. The van der Waals surface area contributed by atoms with E-state index in [1.165, 1.54) is 12.1 Å². The number of fused-ring (bicyclic) bond motifs is 1. The number of carbonyl (C=O) groups is 2. The van der Waals surface area contributed by atoms with Crippen LogP contribution in [0.5, 0.6) is 5.75 Å². The van der Waals surface area contributed by atoms with Crippen LogP contribution >= 0.6 is 0 Å². The van der Waals surface area contributed by atoms with Crippen LogP contribution < -0.4 is 15.5 Å². The molecule has 9 nitrogen and oxygen atoms in total. The van der Waals surface area contributed by atoms with E-state index in [9.17, 15) is 9.59 Å². The Morgan fingerprint density at radius 1 is 1.06 bits per heavy atom. The second kappa shape index (κ2) is 12.0. The minimum Gasteiger partial charge on any atom is -0.491 e. The molecule has 0 fully saturated rings. The number of furan rings is 1. The molecule has 0 aliphatic heterocycles. The first kappa shape index (κ1) is 24.2. The van der Waals surface area contributed by atoms with Gasteiger partial charge in [0, 0.05) is 23.6 Å². The first-order valence-electron chi connectivity index (χ1n) is 10.6. The smallest absolute Gasteiger partial charge is 0.287 e. The zero-order valence-electron chi connectivity index (χ0n) is 18.6. The predicted octanol–water partition coefficient (Wildman–Crippen LogP) is 3.30. The summed E-state index contributed by atoms with van der Waals surface area (Å²) in [6.07, 6.45) is 0.636. The Labute approximate surface area is 191 Å². The highest BCUT2D eigenvalue weighted by atomic mass is 16.5. The molecule has 1 atom stereocenters. The molecule has 1 heterocycles. The van der Waals surface area contributed by atoms with Gasteiger partial charge in [-0.2, -0.15) is 0 Å². The number of hydrogen-bond donors (Lipinski definition) is 3. The summed E-state index contributed by atoms with van der Waals surface area (Å²) < 4.78 is 22.3. The van der Waals surface area contributed by atoms with Crippen molar-refractivity contribution in [2.45, 2.75) is 26.0 Å². The molecular weight excluding hydrogens is 428 g/mol. The molecule has 33 heavy (non-hydrogen) atoms. The SMILES string of the molecule is CC[C@@H](COc1ccc(C(=O)NO)cc1)NC(=O)c1oc2ccccc2c1COCCOC. The van der Waals surface area contributed by atoms with E-state index < -0.39 is 5.91 Å². The minimum atomic E-state index is -0.604. The third-order valence-corrected chi connectivity index (χ3v) is 5.08. The molecule has 3 N–H and O–H groups in total. The molecule has 176 valence electrons. The van der Waals surface area contributed by atoms with Crippen LogP contribution in [-0.2, 0) is 16.1 Å². The molecule has 0 radical (unpaired) electrons. The van der Waals surface area contributed by atoms with Gasteiger partial charge in [0.2, 0.25) is 0 Å². The normalized spacial score (nSPS) is 11.8. The van der Waals surface area contributed by atoms with Crippen LogP contribution in [0, 0.1) is 0 Å². The van der Waals surface area contributed by atoms with Gasteiger partial charge in [-0.05, 0) is 36.8 Å². The number of hydrogen-bond acceptors (Lipinski definition) is 7. The fourth-order valence-corrected chi connectivity index (χ4v) is 3.22. The zero-order valence-corrected chi connectivity index (χ0v) is 18.6. The van der Waals surface area contributed by atoms with E-state index in [1.807, 2.05) is 31.2 Å². The van der Waals surface area contributed by atoms with Gasteiger partial charge in [-0.3, -0.25) is 14.8 Å². The van der Waals surface area contributed by atoms with Crippen LogP contribution in [0.4, 0.5) is 0 Å². The molecule has 3 aromatic rings. The number of rotatable bonds is 12. The first-order chi connectivity index (χ1) is 16.1. The third-order valence-electron chi connectivity index (χ3n) is 5.08. The number of hydroxylamine groups is 1. The van der Waals surface area contributed by atoms with Gasteiger partial charge in [-0.1, -0.05) is 25.1 Å². The van der Waals surface area contributed by atoms with Gasteiger partial charge in [0.25, 0.3) is 11.8 Å². The topological polar surface area (TPSA) is 119 Å². The van der Waals surface area contributed by atoms with Crippen LogP contribution in [-0.4, -0.2) is 50.0 Å². The highest BCUT2D eigenvalue weighted by molar-refractivity contribution is 5.99. The highest BCUT2D eigenvalue weighted by Crippen LogP contribution is 2.27. The van der Waals surface area contributed by atoms with Crippen molar-refractivity contribution >= 4 is 22.8 Å². The van der Waals surface area contributed by atoms with E-state index in [4.69, 9.17) is 23.8 Å². The second-order valence-electron chi connectivity index (χ2n) is 7.31. The summed E-state index contributed by atoms with van der Waals surface area (Å²) in [5.74, 6) is -0.199. The molecule has 0 unspecified atom stereocenters. The summed E-state index contributed by atoms with van der Waals surface area (Å²) >= 11 is 0. The van der Waals surface area contributed by atoms with Gasteiger partial charge in [0.15, 0.2) is 5.76 Å². The van der Waals surface area contributed by atoms with E-state index in [-0.39, 0.29) is 30.9 Å². The molecule has 0 saturated heterocycles. The Balaban J connectivity index is 1.66. The van der Waals surface area contributed by atoms with Crippen LogP contribution in [0.1, 0.15) is 39.8 Å². The van der Waals surface area contributed by atoms with E-state index in [2.05, 4.69) is 5.32 Å². The summed E-state index contributed by atoms with van der Waals surface area (Å²) in [5.41, 5.74) is 3.18. The molecule has 3 rings (SSSR count). The van der Waals surface area contributed by atoms with Crippen molar-refractivity contribution in [3.05, 3.63) is 65.4 Å². The molecule has 1 aromatic heterocycles. The summed E-state index contributed by atoms with van der Waals surface area (Å²) in [6, 6.07) is 13.5. The third kappa shape index (κ3) is 6.32. The standard InChI is InChI=1S/C24H28N2O7/c1-3-17(14-32-18-10-8-16(9-11-18)23(27)26-29)25-24(28)22-20(15-31-13-12-30-2)19-6-4-5-7-21(19)33-22/h4-11,17,29H,3,12-15H2,1-2H3,(H,25,28)(H,26,27)/t17-/m0/s1. The van der Waals surface area contributed by atoms with Gasteiger partial charge in [-0.15, -0.1) is 0 Å². The van der Waals surface area contributed by atoms with Crippen LogP contribution in [0.15, 0.2) is 52.9 Å². The van der Waals surface area contributed by atoms with E-state index in [1.54, 1.807) is 24.7 Å². The molecule has 9 heteroatoms. The summed E-state index contributed by atoms with van der Waals surface area (Å²) in [4.78, 5) is 24.5. The molecule has 2 aromatic carbocycles. The lowest BCUT2D eigenvalue weighted by Crippen LogP contribution is -2.38. The Hall–Kier alpha value is -3.40. The number of benzene rings is 2. The van der Waals surface area contributed by atoms with Crippen molar-refractivity contribution in [3.8, 4) is 5.75 Å². The average molecular weight is 456 g/mol. The Kier molecular flexibility index (Phi) is 8.82. The van der Waals surface area contributed by atoms with E-state index >= 15 is 0 Å². The molecule has 0 spiro atoms. The van der Waals surface area contributed by atoms with Gasteiger partial charge in [0.05, 0.1) is 25.9 Å². The van der Waals surface area contributed by atoms with Crippen molar-refractivity contribution in [1.29, 1.82) is 0 Å². The number of nitrogens with one attached hydrogen (secondary N) is 2. The second-order valence-corrected chi connectivity index (χ2v) is 7.31. The lowest BCUT2D eigenvalue weighted by atomic mass is 10.1.